The van der Waals surface area contributed by atoms with E-state index in [0.29, 0.717) is 11.6 Å². The van der Waals surface area contributed by atoms with E-state index in [9.17, 15) is 0 Å². The molecule has 0 radical (unpaired) electrons. The minimum Gasteiger partial charge on any atom is -0.355 e. The van der Waals surface area contributed by atoms with Crippen molar-refractivity contribution in [2.45, 2.75) is 57.5 Å². The van der Waals surface area contributed by atoms with Crippen LogP contribution in [0.5, 0.6) is 0 Å². The number of aromatic nitrogens is 1. The lowest BCUT2D eigenvalue weighted by Gasteiger charge is -2.41. The first-order chi connectivity index (χ1) is 9.18. The van der Waals surface area contributed by atoms with Gasteiger partial charge in [0, 0.05) is 30.9 Å². The molecule has 0 bridgehead atoms. The lowest BCUT2D eigenvalue weighted by molar-refractivity contribution is 0.189. The number of hydrogen-bond acceptors (Lipinski definition) is 3. The Morgan fingerprint density at radius 3 is 2.84 bits per heavy atom. The maximum Gasteiger partial charge on any atom is 0.128 e. The topological polar surface area (TPSA) is 28.2 Å². The van der Waals surface area contributed by atoms with Gasteiger partial charge in [0.25, 0.3) is 0 Å². The number of nitrogens with zero attached hydrogens (tertiary/aromatic N) is 2. The molecule has 1 saturated carbocycles. The standard InChI is InChI=1S/C16H25N3/c1-3-13-5-6-15(17-11-13)19-10-7-14(12-19)18-16(2)8-4-9-16/h5-6,11,14,18H,3-4,7-10,12H2,1-2H3. The van der Waals surface area contributed by atoms with Crippen LogP contribution >= 0.6 is 0 Å². The Hall–Kier alpha value is -1.09. The second kappa shape index (κ2) is 5.12. The van der Waals surface area contributed by atoms with Crippen molar-refractivity contribution in [2.24, 2.45) is 0 Å². The van der Waals surface area contributed by atoms with Crippen molar-refractivity contribution in [3.8, 4) is 0 Å². The van der Waals surface area contributed by atoms with Gasteiger partial charge in [-0.2, -0.15) is 0 Å². The molecule has 2 heterocycles. The van der Waals surface area contributed by atoms with Crippen molar-refractivity contribution in [2.75, 3.05) is 18.0 Å². The zero-order valence-electron chi connectivity index (χ0n) is 12.2. The summed E-state index contributed by atoms with van der Waals surface area (Å²) in [5, 5.41) is 3.84. The van der Waals surface area contributed by atoms with Gasteiger partial charge in [0.1, 0.15) is 5.82 Å². The minimum atomic E-state index is 0.417. The molecule has 2 aliphatic rings. The summed E-state index contributed by atoms with van der Waals surface area (Å²) in [6, 6.07) is 5.01. The Kier molecular flexibility index (Phi) is 3.48. The van der Waals surface area contributed by atoms with Crippen molar-refractivity contribution < 1.29 is 0 Å². The van der Waals surface area contributed by atoms with Crippen LogP contribution in [0.15, 0.2) is 18.3 Å². The zero-order chi connectivity index (χ0) is 13.3. The molecule has 3 nitrogen and oxygen atoms in total. The Bertz CT molecular complexity index is 422. The molecule has 1 aliphatic carbocycles. The van der Waals surface area contributed by atoms with Crippen LogP contribution < -0.4 is 10.2 Å². The molecule has 1 aromatic heterocycles. The van der Waals surface area contributed by atoms with Crippen molar-refractivity contribution >= 4 is 5.82 Å². The second-order valence-electron chi connectivity index (χ2n) is 6.37. The number of pyridine rings is 1. The molecule has 0 amide bonds. The fourth-order valence-corrected chi connectivity index (χ4v) is 3.24. The summed E-state index contributed by atoms with van der Waals surface area (Å²) in [6.45, 7) is 6.78. The highest BCUT2D eigenvalue weighted by molar-refractivity contribution is 5.41. The van der Waals surface area contributed by atoms with Gasteiger partial charge in [0.15, 0.2) is 0 Å². The molecule has 1 N–H and O–H groups in total. The van der Waals surface area contributed by atoms with Crippen LogP contribution in [-0.4, -0.2) is 29.7 Å². The van der Waals surface area contributed by atoms with Crippen LogP contribution in [0.1, 0.15) is 45.1 Å². The van der Waals surface area contributed by atoms with Gasteiger partial charge in [0.2, 0.25) is 0 Å². The first kappa shape index (κ1) is 12.9. The number of rotatable bonds is 4. The summed E-state index contributed by atoms with van der Waals surface area (Å²) in [6.07, 6.45) is 8.39. The Morgan fingerprint density at radius 2 is 2.26 bits per heavy atom. The first-order valence-corrected chi connectivity index (χ1v) is 7.66. The van der Waals surface area contributed by atoms with Gasteiger partial charge < -0.3 is 10.2 Å². The third-order valence-electron chi connectivity index (χ3n) is 4.74. The number of nitrogens with one attached hydrogen (secondary N) is 1. The van der Waals surface area contributed by atoms with Crippen LogP contribution in [-0.2, 0) is 6.42 Å². The largest absolute Gasteiger partial charge is 0.355 e. The molecule has 1 aromatic rings. The average Bonchev–Trinajstić information content (AvgIpc) is 2.85. The second-order valence-corrected chi connectivity index (χ2v) is 6.37. The zero-order valence-corrected chi connectivity index (χ0v) is 12.2. The van der Waals surface area contributed by atoms with Crippen LogP contribution in [0.3, 0.4) is 0 Å². The molecule has 104 valence electrons. The van der Waals surface area contributed by atoms with E-state index in [2.05, 4.69) is 41.2 Å². The van der Waals surface area contributed by atoms with Crippen LogP contribution in [0.4, 0.5) is 5.82 Å². The predicted octanol–water partition coefficient (Wildman–Crippen LogP) is 2.75. The first-order valence-electron chi connectivity index (χ1n) is 7.66. The summed E-state index contributed by atoms with van der Waals surface area (Å²) >= 11 is 0. The molecule has 2 fully saturated rings. The summed E-state index contributed by atoms with van der Waals surface area (Å²) in [4.78, 5) is 7.01. The minimum absolute atomic E-state index is 0.417. The lowest BCUT2D eigenvalue weighted by Crippen LogP contribution is -2.53. The molecule has 19 heavy (non-hydrogen) atoms. The molecule has 1 unspecified atom stereocenters. The molecular formula is C16H25N3. The summed E-state index contributed by atoms with van der Waals surface area (Å²) in [5.74, 6) is 1.14. The summed E-state index contributed by atoms with van der Waals surface area (Å²) < 4.78 is 0. The van der Waals surface area contributed by atoms with Crippen molar-refractivity contribution in [1.29, 1.82) is 0 Å². The van der Waals surface area contributed by atoms with Crippen LogP contribution in [0.2, 0.25) is 0 Å². The maximum atomic E-state index is 4.59. The Balaban J connectivity index is 1.58. The third-order valence-corrected chi connectivity index (χ3v) is 4.74. The lowest BCUT2D eigenvalue weighted by atomic mass is 9.78. The van der Waals surface area contributed by atoms with E-state index in [4.69, 9.17) is 0 Å². The van der Waals surface area contributed by atoms with Gasteiger partial charge in [-0.15, -0.1) is 0 Å². The van der Waals surface area contributed by atoms with E-state index in [1.54, 1.807) is 0 Å². The van der Waals surface area contributed by atoms with Gasteiger partial charge in [0.05, 0.1) is 0 Å². The van der Waals surface area contributed by atoms with Gasteiger partial charge >= 0.3 is 0 Å². The van der Waals surface area contributed by atoms with Crippen LogP contribution in [0.25, 0.3) is 0 Å². The summed E-state index contributed by atoms with van der Waals surface area (Å²) in [5.41, 5.74) is 1.74. The fourth-order valence-electron chi connectivity index (χ4n) is 3.24. The van der Waals surface area contributed by atoms with E-state index < -0.39 is 0 Å². The van der Waals surface area contributed by atoms with Crippen molar-refractivity contribution in [3.63, 3.8) is 0 Å². The quantitative estimate of drug-likeness (QED) is 0.901. The third kappa shape index (κ3) is 2.76. The Morgan fingerprint density at radius 1 is 1.42 bits per heavy atom. The van der Waals surface area contributed by atoms with E-state index in [1.165, 1.54) is 31.2 Å². The monoisotopic (exact) mass is 259 g/mol. The molecule has 1 atom stereocenters. The summed E-state index contributed by atoms with van der Waals surface area (Å²) in [7, 11) is 0. The highest BCUT2D eigenvalue weighted by Crippen LogP contribution is 2.32. The van der Waals surface area contributed by atoms with E-state index in [-0.39, 0.29) is 0 Å². The van der Waals surface area contributed by atoms with Crippen molar-refractivity contribution in [3.05, 3.63) is 23.9 Å². The average molecular weight is 259 g/mol. The number of anilines is 1. The van der Waals surface area contributed by atoms with Crippen molar-refractivity contribution in [1.82, 2.24) is 10.3 Å². The Labute approximate surface area is 116 Å². The molecule has 3 rings (SSSR count). The van der Waals surface area contributed by atoms with Gasteiger partial charge in [-0.1, -0.05) is 13.0 Å². The molecule has 0 spiro atoms. The predicted molar refractivity (Wildman–Crippen MR) is 79.6 cm³/mol. The number of hydrogen-bond donors (Lipinski definition) is 1. The van der Waals surface area contributed by atoms with Crippen LogP contribution in [0, 0.1) is 0 Å². The molecule has 0 aromatic carbocycles. The SMILES string of the molecule is CCc1ccc(N2CCC(NC3(C)CCC3)C2)nc1. The van der Waals surface area contributed by atoms with E-state index >= 15 is 0 Å². The van der Waals surface area contributed by atoms with E-state index in [1.807, 2.05) is 6.20 Å². The molecule has 3 heteroatoms. The van der Waals surface area contributed by atoms with Gasteiger partial charge in [-0.05, 0) is 50.7 Å². The number of aryl methyl sites for hydroxylation is 1. The smallest absolute Gasteiger partial charge is 0.128 e. The van der Waals surface area contributed by atoms with Gasteiger partial charge in [-0.25, -0.2) is 4.98 Å². The molecule has 1 saturated heterocycles. The fraction of sp³-hybridized carbons (Fsp3) is 0.688. The maximum absolute atomic E-state index is 4.59. The normalized spacial score (nSPS) is 25.4. The highest BCUT2D eigenvalue weighted by Gasteiger charge is 2.35. The molecular weight excluding hydrogens is 234 g/mol. The molecule has 1 aliphatic heterocycles. The van der Waals surface area contributed by atoms with E-state index in [0.717, 1.165) is 25.3 Å². The highest BCUT2D eigenvalue weighted by atomic mass is 15.2. The van der Waals surface area contributed by atoms with Gasteiger partial charge in [-0.3, -0.25) is 0 Å².